The highest BCUT2D eigenvalue weighted by Gasteiger charge is 2.27. The zero-order valence-electron chi connectivity index (χ0n) is 16.2. The summed E-state index contributed by atoms with van der Waals surface area (Å²) in [6.45, 7) is 6.13. The second kappa shape index (κ2) is 7.88. The fourth-order valence-electron chi connectivity index (χ4n) is 3.40. The molecule has 28 heavy (non-hydrogen) atoms. The second-order valence-electron chi connectivity index (χ2n) is 7.09. The molecule has 1 aliphatic heterocycles. The van der Waals surface area contributed by atoms with Crippen molar-refractivity contribution in [3.8, 4) is 17.1 Å². The highest BCUT2D eigenvalue weighted by atomic mass is 16.5. The summed E-state index contributed by atoms with van der Waals surface area (Å²) in [6, 6.07) is 9.75. The van der Waals surface area contributed by atoms with Gasteiger partial charge in [-0.3, -0.25) is 9.48 Å². The van der Waals surface area contributed by atoms with Crippen LogP contribution in [0.15, 0.2) is 47.2 Å². The molecule has 0 bridgehead atoms. The molecule has 0 spiro atoms. The molecule has 1 fully saturated rings. The van der Waals surface area contributed by atoms with E-state index in [1.165, 1.54) is 5.56 Å². The predicted octanol–water partition coefficient (Wildman–Crippen LogP) is 3.55. The standard InChI is InChI=1S/C21H24N4O3/c1-3-25-14-16(13-22-25)20-12-19(23-28-20)21(26)24-9-7-17(8-10-24)27-18-6-4-5-15(2)11-18/h4-6,11-14,17H,3,7-10H2,1-2H3. The maximum absolute atomic E-state index is 12.8. The summed E-state index contributed by atoms with van der Waals surface area (Å²) in [5.74, 6) is 1.34. The Labute approximate surface area is 163 Å². The molecule has 0 N–H and O–H groups in total. The van der Waals surface area contributed by atoms with E-state index >= 15 is 0 Å². The minimum atomic E-state index is -0.105. The SMILES string of the molecule is CCn1cc(-c2cc(C(=O)N3CCC(Oc4cccc(C)c4)CC3)no2)cn1. The largest absolute Gasteiger partial charge is 0.490 e. The number of piperidine rings is 1. The van der Waals surface area contributed by atoms with Crippen molar-refractivity contribution in [1.29, 1.82) is 0 Å². The van der Waals surface area contributed by atoms with Crippen molar-refractivity contribution in [2.45, 2.75) is 39.3 Å². The van der Waals surface area contributed by atoms with E-state index in [0.29, 0.717) is 24.5 Å². The molecule has 7 nitrogen and oxygen atoms in total. The van der Waals surface area contributed by atoms with Gasteiger partial charge in [0.25, 0.3) is 5.91 Å². The van der Waals surface area contributed by atoms with Gasteiger partial charge in [0, 0.05) is 44.7 Å². The number of amides is 1. The summed E-state index contributed by atoms with van der Waals surface area (Å²) in [5.41, 5.74) is 2.33. The van der Waals surface area contributed by atoms with Crippen LogP contribution in [0.5, 0.6) is 5.75 Å². The van der Waals surface area contributed by atoms with Crippen molar-refractivity contribution in [1.82, 2.24) is 19.8 Å². The van der Waals surface area contributed by atoms with Crippen LogP contribution in [0.2, 0.25) is 0 Å². The van der Waals surface area contributed by atoms with E-state index in [1.54, 1.807) is 16.9 Å². The van der Waals surface area contributed by atoms with E-state index in [9.17, 15) is 4.79 Å². The number of aromatic nitrogens is 3. The van der Waals surface area contributed by atoms with Crippen molar-refractivity contribution >= 4 is 5.91 Å². The molecule has 1 amide bonds. The smallest absolute Gasteiger partial charge is 0.276 e. The Kier molecular flexibility index (Phi) is 5.14. The lowest BCUT2D eigenvalue weighted by Gasteiger charge is -2.31. The van der Waals surface area contributed by atoms with Gasteiger partial charge in [-0.2, -0.15) is 5.10 Å². The maximum atomic E-state index is 12.8. The van der Waals surface area contributed by atoms with Crippen LogP contribution in [0.4, 0.5) is 0 Å². The van der Waals surface area contributed by atoms with Crippen LogP contribution in [0, 0.1) is 6.92 Å². The summed E-state index contributed by atoms with van der Waals surface area (Å²) in [7, 11) is 0. The van der Waals surface area contributed by atoms with Crippen LogP contribution in [0.3, 0.4) is 0 Å². The third kappa shape index (κ3) is 3.93. The molecule has 0 aliphatic carbocycles. The number of rotatable bonds is 5. The molecule has 2 aromatic heterocycles. The van der Waals surface area contributed by atoms with Gasteiger partial charge >= 0.3 is 0 Å². The topological polar surface area (TPSA) is 73.4 Å². The molecule has 1 aliphatic rings. The lowest BCUT2D eigenvalue weighted by Crippen LogP contribution is -2.41. The van der Waals surface area contributed by atoms with E-state index in [1.807, 2.05) is 49.2 Å². The van der Waals surface area contributed by atoms with Crippen molar-refractivity contribution < 1.29 is 14.1 Å². The van der Waals surface area contributed by atoms with Gasteiger partial charge in [0.15, 0.2) is 11.5 Å². The lowest BCUT2D eigenvalue weighted by atomic mass is 10.1. The monoisotopic (exact) mass is 380 g/mol. The number of carbonyl (C=O) groups excluding carboxylic acids is 1. The molecule has 1 aromatic carbocycles. The third-order valence-electron chi connectivity index (χ3n) is 4.99. The first-order chi connectivity index (χ1) is 13.6. The molecular formula is C21H24N4O3. The molecule has 0 saturated carbocycles. The van der Waals surface area contributed by atoms with Crippen LogP contribution < -0.4 is 4.74 Å². The Hall–Kier alpha value is -3.09. The highest BCUT2D eigenvalue weighted by Crippen LogP contribution is 2.23. The number of aryl methyl sites for hydroxylation is 2. The fourth-order valence-corrected chi connectivity index (χ4v) is 3.40. The summed E-state index contributed by atoms with van der Waals surface area (Å²) in [5, 5.41) is 8.19. The van der Waals surface area contributed by atoms with Gasteiger partial charge in [0.05, 0.1) is 11.8 Å². The normalized spacial score (nSPS) is 15.0. The van der Waals surface area contributed by atoms with E-state index in [4.69, 9.17) is 9.26 Å². The van der Waals surface area contributed by atoms with Crippen LogP contribution in [-0.4, -0.2) is 44.9 Å². The fraction of sp³-hybridized carbons (Fsp3) is 0.381. The predicted molar refractivity (Wildman–Crippen MR) is 104 cm³/mol. The van der Waals surface area contributed by atoms with E-state index in [0.717, 1.165) is 30.7 Å². The molecule has 0 unspecified atom stereocenters. The number of carbonyl (C=O) groups is 1. The number of benzene rings is 1. The molecule has 0 atom stereocenters. The zero-order valence-corrected chi connectivity index (χ0v) is 16.2. The molecule has 146 valence electrons. The highest BCUT2D eigenvalue weighted by molar-refractivity contribution is 5.93. The quantitative estimate of drug-likeness (QED) is 0.677. The van der Waals surface area contributed by atoms with Gasteiger partial charge in [0.2, 0.25) is 0 Å². The minimum absolute atomic E-state index is 0.105. The van der Waals surface area contributed by atoms with Crippen molar-refractivity contribution in [2.24, 2.45) is 0 Å². The number of nitrogens with zero attached hydrogens (tertiary/aromatic N) is 4. The van der Waals surface area contributed by atoms with Crippen LogP contribution in [0.25, 0.3) is 11.3 Å². The van der Waals surface area contributed by atoms with Crippen LogP contribution in [-0.2, 0) is 6.54 Å². The Morgan fingerprint density at radius 3 is 2.82 bits per heavy atom. The molecule has 1 saturated heterocycles. The maximum Gasteiger partial charge on any atom is 0.276 e. The van der Waals surface area contributed by atoms with Crippen LogP contribution >= 0.6 is 0 Å². The Balaban J connectivity index is 1.35. The first kappa shape index (κ1) is 18.3. The van der Waals surface area contributed by atoms with Gasteiger partial charge in [-0.1, -0.05) is 17.3 Å². The average Bonchev–Trinajstić information content (AvgIpc) is 3.37. The molecule has 0 radical (unpaired) electrons. The molecule has 3 aromatic rings. The number of hydrogen-bond acceptors (Lipinski definition) is 5. The number of ether oxygens (including phenoxy) is 1. The average molecular weight is 380 g/mol. The van der Waals surface area contributed by atoms with Crippen molar-refractivity contribution in [3.05, 3.63) is 54.0 Å². The third-order valence-corrected chi connectivity index (χ3v) is 4.99. The lowest BCUT2D eigenvalue weighted by molar-refractivity contribution is 0.0586. The van der Waals surface area contributed by atoms with Gasteiger partial charge in [-0.05, 0) is 31.5 Å². The molecular weight excluding hydrogens is 356 g/mol. The summed E-state index contributed by atoms with van der Waals surface area (Å²) < 4.78 is 13.2. The van der Waals surface area contributed by atoms with E-state index < -0.39 is 0 Å². The van der Waals surface area contributed by atoms with Gasteiger partial charge in [-0.25, -0.2) is 0 Å². The molecule has 7 heteroatoms. The Morgan fingerprint density at radius 1 is 1.29 bits per heavy atom. The van der Waals surface area contributed by atoms with E-state index in [-0.39, 0.29) is 12.0 Å². The summed E-state index contributed by atoms with van der Waals surface area (Å²) >= 11 is 0. The Bertz CT molecular complexity index is 954. The molecule has 4 rings (SSSR count). The summed E-state index contributed by atoms with van der Waals surface area (Å²) in [6.07, 6.45) is 5.31. The van der Waals surface area contributed by atoms with Crippen LogP contribution in [0.1, 0.15) is 35.8 Å². The first-order valence-electron chi connectivity index (χ1n) is 9.64. The van der Waals surface area contributed by atoms with Gasteiger partial charge < -0.3 is 14.2 Å². The summed E-state index contributed by atoms with van der Waals surface area (Å²) in [4.78, 5) is 14.6. The van der Waals surface area contributed by atoms with Gasteiger partial charge in [0.1, 0.15) is 11.9 Å². The molecule has 3 heterocycles. The first-order valence-corrected chi connectivity index (χ1v) is 9.64. The van der Waals surface area contributed by atoms with Gasteiger partial charge in [-0.15, -0.1) is 0 Å². The Morgan fingerprint density at radius 2 is 2.11 bits per heavy atom. The van der Waals surface area contributed by atoms with Crippen molar-refractivity contribution in [2.75, 3.05) is 13.1 Å². The minimum Gasteiger partial charge on any atom is -0.490 e. The van der Waals surface area contributed by atoms with E-state index in [2.05, 4.69) is 10.3 Å². The number of hydrogen-bond donors (Lipinski definition) is 0. The second-order valence-corrected chi connectivity index (χ2v) is 7.09. The number of likely N-dealkylation sites (tertiary alicyclic amines) is 1. The zero-order chi connectivity index (χ0) is 19.5. The van der Waals surface area contributed by atoms with Crippen molar-refractivity contribution in [3.63, 3.8) is 0 Å².